The maximum Gasteiger partial charge on any atom is 0.225 e. The van der Waals surface area contributed by atoms with Crippen molar-refractivity contribution in [3.8, 4) is 11.3 Å². The van der Waals surface area contributed by atoms with Gasteiger partial charge < -0.3 is 5.32 Å². The predicted molar refractivity (Wildman–Crippen MR) is 107 cm³/mol. The first-order valence-electron chi connectivity index (χ1n) is 8.12. The molecule has 0 saturated heterocycles. The summed E-state index contributed by atoms with van der Waals surface area (Å²) in [4.78, 5) is 16.7. The van der Waals surface area contributed by atoms with Crippen LogP contribution in [0, 0.1) is 13.8 Å². The number of thioether (sulfide) groups is 1. The van der Waals surface area contributed by atoms with Gasteiger partial charge in [0.05, 0.1) is 5.69 Å². The van der Waals surface area contributed by atoms with Gasteiger partial charge in [0.1, 0.15) is 0 Å². The molecule has 0 unspecified atom stereocenters. The Morgan fingerprint density at radius 3 is 2.36 bits per heavy atom. The van der Waals surface area contributed by atoms with Crippen molar-refractivity contribution in [1.82, 2.24) is 4.98 Å². The van der Waals surface area contributed by atoms with Gasteiger partial charge in [-0.2, -0.15) is 0 Å². The topological polar surface area (TPSA) is 42.0 Å². The number of aryl methyl sites for hydroxylation is 2. The van der Waals surface area contributed by atoms with E-state index in [1.165, 1.54) is 11.1 Å². The molecular formula is C20H20N2OS2. The lowest BCUT2D eigenvalue weighted by Crippen LogP contribution is -2.12. The van der Waals surface area contributed by atoms with E-state index in [2.05, 4.69) is 46.9 Å². The first kappa shape index (κ1) is 17.7. The van der Waals surface area contributed by atoms with E-state index >= 15 is 0 Å². The third-order valence-corrected chi connectivity index (χ3v) is 5.74. The van der Waals surface area contributed by atoms with Crippen LogP contribution in [0.15, 0.2) is 58.3 Å². The average molecular weight is 369 g/mol. The second-order valence-electron chi connectivity index (χ2n) is 5.88. The van der Waals surface area contributed by atoms with Crippen molar-refractivity contribution in [2.45, 2.75) is 24.6 Å². The van der Waals surface area contributed by atoms with E-state index in [9.17, 15) is 4.79 Å². The Bertz CT molecular complexity index is 839. The number of carbonyl (C=O) groups excluding carboxylic acids is 1. The van der Waals surface area contributed by atoms with Crippen molar-refractivity contribution < 1.29 is 4.79 Å². The van der Waals surface area contributed by atoms with Gasteiger partial charge in [-0.05, 0) is 26.0 Å². The van der Waals surface area contributed by atoms with Crippen molar-refractivity contribution >= 4 is 34.7 Å². The molecule has 25 heavy (non-hydrogen) atoms. The molecular weight excluding hydrogens is 348 g/mol. The molecule has 0 fully saturated rings. The van der Waals surface area contributed by atoms with E-state index in [1.807, 2.05) is 31.2 Å². The van der Waals surface area contributed by atoms with Crippen LogP contribution in [-0.2, 0) is 4.79 Å². The van der Waals surface area contributed by atoms with Crippen LogP contribution in [0.3, 0.4) is 0 Å². The van der Waals surface area contributed by atoms with Crippen LogP contribution < -0.4 is 5.32 Å². The number of thiazole rings is 1. The number of benzene rings is 2. The van der Waals surface area contributed by atoms with E-state index in [4.69, 9.17) is 0 Å². The third-order valence-electron chi connectivity index (χ3n) is 3.72. The van der Waals surface area contributed by atoms with Crippen LogP contribution in [0.4, 0.5) is 5.69 Å². The number of aromatic nitrogens is 1. The van der Waals surface area contributed by atoms with Gasteiger partial charge in [0, 0.05) is 28.8 Å². The summed E-state index contributed by atoms with van der Waals surface area (Å²) < 4.78 is 0.999. The molecule has 0 aliphatic rings. The summed E-state index contributed by atoms with van der Waals surface area (Å²) in [5.41, 5.74) is 5.40. The van der Waals surface area contributed by atoms with Gasteiger partial charge >= 0.3 is 0 Å². The van der Waals surface area contributed by atoms with Gasteiger partial charge in [-0.1, -0.05) is 59.3 Å². The first-order chi connectivity index (χ1) is 12.1. The van der Waals surface area contributed by atoms with Crippen LogP contribution in [0.5, 0.6) is 0 Å². The fourth-order valence-electron chi connectivity index (χ4n) is 2.27. The summed E-state index contributed by atoms with van der Waals surface area (Å²) in [6.07, 6.45) is 0.470. The number of anilines is 1. The second-order valence-corrected chi connectivity index (χ2v) is 8.08. The highest BCUT2D eigenvalue weighted by atomic mass is 32.2. The van der Waals surface area contributed by atoms with Gasteiger partial charge in [0.2, 0.25) is 5.91 Å². The lowest BCUT2D eigenvalue weighted by atomic mass is 10.1. The number of rotatable bonds is 6. The number of hydrogen-bond donors (Lipinski definition) is 1. The van der Waals surface area contributed by atoms with Gasteiger partial charge in [-0.3, -0.25) is 4.79 Å². The van der Waals surface area contributed by atoms with Crippen LogP contribution in [-0.4, -0.2) is 16.6 Å². The Balaban J connectivity index is 1.48. The third kappa shape index (κ3) is 5.18. The Kier molecular flexibility index (Phi) is 5.89. The first-order valence-corrected chi connectivity index (χ1v) is 9.98. The minimum absolute atomic E-state index is 0.0340. The Morgan fingerprint density at radius 2 is 1.68 bits per heavy atom. The maximum atomic E-state index is 12.0. The molecule has 0 spiro atoms. The molecule has 1 heterocycles. The molecule has 0 aliphatic carbocycles. The zero-order valence-corrected chi connectivity index (χ0v) is 15.9. The molecule has 0 aliphatic heterocycles. The molecule has 0 radical (unpaired) electrons. The SMILES string of the molecule is Cc1ccc(NC(=O)CCSc2nc(-c3ccc(C)cc3)cs2)cc1. The van der Waals surface area contributed by atoms with Crippen molar-refractivity contribution in [2.75, 3.05) is 11.1 Å². The van der Waals surface area contributed by atoms with Crippen LogP contribution in [0.25, 0.3) is 11.3 Å². The molecule has 0 atom stereocenters. The lowest BCUT2D eigenvalue weighted by molar-refractivity contribution is -0.115. The summed E-state index contributed by atoms with van der Waals surface area (Å²) in [6, 6.07) is 16.2. The molecule has 1 N–H and O–H groups in total. The highest BCUT2D eigenvalue weighted by molar-refractivity contribution is 8.01. The zero-order chi connectivity index (χ0) is 17.6. The molecule has 3 aromatic rings. The van der Waals surface area contributed by atoms with E-state index in [0.29, 0.717) is 6.42 Å². The van der Waals surface area contributed by atoms with E-state index in [0.717, 1.165) is 27.0 Å². The zero-order valence-electron chi connectivity index (χ0n) is 14.3. The summed E-state index contributed by atoms with van der Waals surface area (Å²) in [5, 5.41) is 4.99. The molecule has 0 saturated carbocycles. The minimum atomic E-state index is 0.0340. The molecule has 2 aromatic carbocycles. The lowest BCUT2D eigenvalue weighted by Gasteiger charge is -2.04. The van der Waals surface area contributed by atoms with Gasteiger partial charge in [-0.25, -0.2) is 4.98 Å². The highest BCUT2D eigenvalue weighted by Gasteiger charge is 2.07. The maximum absolute atomic E-state index is 12.0. The smallest absolute Gasteiger partial charge is 0.225 e. The van der Waals surface area contributed by atoms with Gasteiger partial charge in [-0.15, -0.1) is 11.3 Å². The van der Waals surface area contributed by atoms with Crippen molar-refractivity contribution in [3.63, 3.8) is 0 Å². The molecule has 3 nitrogen and oxygen atoms in total. The molecule has 0 bridgehead atoms. The number of nitrogens with one attached hydrogen (secondary N) is 1. The Labute approximate surface area is 156 Å². The number of nitrogens with zero attached hydrogens (tertiary/aromatic N) is 1. The van der Waals surface area contributed by atoms with Gasteiger partial charge in [0.25, 0.3) is 0 Å². The second kappa shape index (κ2) is 8.32. The molecule has 5 heteroatoms. The number of amides is 1. The van der Waals surface area contributed by atoms with Crippen molar-refractivity contribution in [2.24, 2.45) is 0 Å². The highest BCUT2D eigenvalue weighted by Crippen LogP contribution is 2.28. The van der Waals surface area contributed by atoms with E-state index in [1.54, 1.807) is 23.1 Å². The van der Waals surface area contributed by atoms with Crippen LogP contribution in [0.1, 0.15) is 17.5 Å². The summed E-state index contributed by atoms with van der Waals surface area (Å²) in [6.45, 7) is 4.11. The Morgan fingerprint density at radius 1 is 1.04 bits per heavy atom. The number of carbonyl (C=O) groups is 1. The number of hydrogen-bond acceptors (Lipinski definition) is 4. The average Bonchev–Trinajstić information content (AvgIpc) is 3.06. The molecule has 1 amide bonds. The summed E-state index contributed by atoms with van der Waals surface area (Å²) in [5.74, 6) is 0.755. The summed E-state index contributed by atoms with van der Waals surface area (Å²) >= 11 is 3.25. The Hall–Kier alpha value is -2.11. The van der Waals surface area contributed by atoms with E-state index < -0.39 is 0 Å². The monoisotopic (exact) mass is 368 g/mol. The predicted octanol–water partition coefficient (Wildman–Crippen LogP) is 5.55. The molecule has 128 valence electrons. The fourth-order valence-corrected chi connectivity index (χ4v) is 4.12. The van der Waals surface area contributed by atoms with Gasteiger partial charge in [0.15, 0.2) is 4.34 Å². The minimum Gasteiger partial charge on any atom is -0.326 e. The van der Waals surface area contributed by atoms with Crippen molar-refractivity contribution in [3.05, 3.63) is 65.0 Å². The molecule has 3 rings (SSSR count). The van der Waals surface area contributed by atoms with Crippen molar-refractivity contribution in [1.29, 1.82) is 0 Å². The summed E-state index contributed by atoms with van der Waals surface area (Å²) in [7, 11) is 0. The largest absolute Gasteiger partial charge is 0.326 e. The van der Waals surface area contributed by atoms with Crippen LogP contribution >= 0.6 is 23.1 Å². The standard InChI is InChI=1S/C20H20N2OS2/c1-14-3-7-16(8-4-14)18-13-25-20(22-18)24-12-11-19(23)21-17-9-5-15(2)6-10-17/h3-10,13H,11-12H2,1-2H3,(H,21,23). The normalized spacial score (nSPS) is 10.6. The molecule has 1 aromatic heterocycles. The van der Waals surface area contributed by atoms with Crippen LogP contribution in [0.2, 0.25) is 0 Å². The quantitative estimate of drug-likeness (QED) is 0.580. The van der Waals surface area contributed by atoms with E-state index in [-0.39, 0.29) is 5.91 Å². The fraction of sp³-hybridized carbons (Fsp3) is 0.200.